The first-order valence-electron chi connectivity index (χ1n) is 7.42. The van der Waals surface area contributed by atoms with Gasteiger partial charge in [-0.3, -0.25) is 10.1 Å². The first-order chi connectivity index (χ1) is 11.6. The lowest BCUT2D eigenvalue weighted by Crippen LogP contribution is -2.24. The third-order valence-corrected chi connectivity index (χ3v) is 4.15. The Morgan fingerprint density at radius 2 is 2.29 bits per heavy atom. The Balaban J connectivity index is 1.59. The predicted molar refractivity (Wildman–Crippen MR) is 88.1 cm³/mol. The second-order valence-electron chi connectivity index (χ2n) is 5.25. The molecular formula is C15H17N5O3S. The van der Waals surface area contributed by atoms with Crippen LogP contribution in [0.3, 0.4) is 0 Å². The van der Waals surface area contributed by atoms with Crippen molar-refractivity contribution in [1.82, 2.24) is 20.4 Å². The lowest BCUT2D eigenvalue weighted by molar-refractivity contribution is 0.0996. The summed E-state index contributed by atoms with van der Waals surface area (Å²) in [5, 5.41) is 12.1. The van der Waals surface area contributed by atoms with Crippen molar-refractivity contribution in [1.29, 1.82) is 0 Å². The number of carbonyl (C=O) groups excluding carboxylic acids is 1. The van der Waals surface area contributed by atoms with Crippen LogP contribution in [-0.2, 0) is 12.8 Å². The average molecular weight is 347 g/mol. The highest BCUT2D eigenvalue weighted by Crippen LogP contribution is 2.18. The monoisotopic (exact) mass is 347 g/mol. The summed E-state index contributed by atoms with van der Waals surface area (Å²) in [5.41, 5.74) is 0.756. The Hall–Kier alpha value is -2.52. The third-order valence-electron chi connectivity index (χ3n) is 3.34. The van der Waals surface area contributed by atoms with E-state index in [2.05, 4.69) is 25.8 Å². The van der Waals surface area contributed by atoms with Crippen LogP contribution in [0.1, 0.15) is 34.9 Å². The molecule has 0 fully saturated rings. The van der Waals surface area contributed by atoms with Crippen molar-refractivity contribution < 1.29 is 13.7 Å². The standard InChI is InChI=1S/C15H17N5O3S/c1-9(16-2)6-12-18-13(23-20-12)7-10-8-24-15(17-10)19-14(21)11-4-3-5-22-11/h3-5,8-9,16H,6-7H2,1-2H3,(H,17,19,21). The summed E-state index contributed by atoms with van der Waals surface area (Å²) in [7, 11) is 1.89. The second-order valence-corrected chi connectivity index (χ2v) is 6.11. The Labute approximate surface area is 142 Å². The molecule has 9 heteroatoms. The van der Waals surface area contributed by atoms with Crippen molar-refractivity contribution in [2.45, 2.75) is 25.8 Å². The number of nitrogens with zero attached hydrogens (tertiary/aromatic N) is 3. The lowest BCUT2D eigenvalue weighted by Gasteiger charge is -2.04. The highest BCUT2D eigenvalue weighted by atomic mass is 32.1. The van der Waals surface area contributed by atoms with Crippen LogP contribution in [0.25, 0.3) is 0 Å². The molecule has 0 radical (unpaired) electrons. The largest absolute Gasteiger partial charge is 0.459 e. The molecule has 0 saturated heterocycles. The number of likely N-dealkylation sites (N-methyl/N-ethyl adjacent to an activating group) is 1. The number of nitrogens with one attached hydrogen (secondary N) is 2. The van der Waals surface area contributed by atoms with Gasteiger partial charge in [-0.05, 0) is 26.1 Å². The Morgan fingerprint density at radius 3 is 3.04 bits per heavy atom. The summed E-state index contributed by atoms with van der Waals surface area (Å²) < 4.78 is 10.3. The summed E-state index contributed by atoms with van der Waals surface area (Å²) in [6.07, 6.45) is 2.57. The van der Waals surface area contributed by atoms with E-state index in [-0.39, 0.29) is 17.7 Å². The molecule has 1 amide bonds. The molecule has 0 saturated carbocycles. The fraction of sp³-hybridized carbons (Fsp3) is 0.333. The van der Waals surface area contributed by atoms with Crippen molar-refractivity contribution in [2.24, 2.45) is 0 Å². The number of anilines is 1. The van der Waals surface area contributed by atoms with Crippen molar-refractivity contribution in [3.63, 3.8) is 0 Å². The van der Waals surface area contributed by atoms with Gasteiger partial charge in [-0.15, -0.1) is 11.3 Å². The number of furan rings is 1. The number of carbonyl (C=O) groups is 1. The number of thiazole rings is 1. The molecule has 0 aliphatic carbocycles. The van der Waals surface area contributed by atoms with E-state index in [1.54, 1.807) is 12.1 Å². The number of aromatic nitrogens is 3. The van der Waals surface area contributed by atoms with Gasteiger partial charge in [0.25, 0.3) is 5.91 Å². The van der Waals surface area contributed by atoms with Crippen molar-refractivity contribution in [3.05, 3.63) is 46.9 Å². The zero-order valence-electron chi connectivity index (χ0n) is 13.3. The molecule has 0 spiro atoms. The van der Waals surface area contributed by atoms with Crippen LogP contribution in [0.5, 0.6) is 0 Å². The number of amides is 1. The summed E-state index contributed by atoms with van der Waals surface area (Å²) in [6.45, 7) is 2.05. The van der Waals surface area contributed by atoms with E-state index in [1.165, 1.54) is 17.6 Å². The van der Waals surface area contributed by atoms with Crippen molar-refractivity contribution in [3.8, 4) is 0 Å². The Kier molecular flexibility index (Phi) is 5.02. The number of hydrogen-bond donors (Lipinski definition) is 2. The smallest absolute Gasteiger partial charge is 0.293 e. The molecule has 3 aromatic rings. The fourth-order valence-electron chi connectivity index (χ4n) is 1.99. The third kappa shape index (κ3) is 4.06. The van der Waals surface area contributed by atoms with Gasteiger partial charge in [0.05, 0.1) is 18.4 Å². The minimum atomic E-state index is -0.331. The molecule has 3 aromatic heterocycles. The molecule has 8 nitrogen and oxygen atoms in total. The average Bonchev–Trinajstić information content (AvgIpc) is 3.30. The molecule has 2 N–H and O–H groups in total. The maximum absolute atomic E-state index is 11.9. The molecule has 1 unspecified atom stereocenters. The van der Waals surface area contributed by atoms with Gasteiger partial charge in [0.2, 0.25) is 5.89 Å². The quantitative estimate of drug-likeness (QED) is 0.674. The van der Waals surface area contributed by atoms with Crippen molar-refractivity contribution >= 4 is 22.4 Å². The van der Waals surface area contributed by atoms with E-state index in [0.717, 1.165) is 5.69 Å². The first-order valence-corrected chi connectivity index (χ1v) is 8.30. The molecule has 1 atom stereocenters. The van der Waals surface area contributed by atoms with Crippen LogP contribution in [-0.4, -0.2) is 34.1 Å². The summed E-state index contributed by atoms with van der Waals surface area (Å²) in [4.78, 5) is 20.6. The zero-order valence-corrected chi connectivity index (χ0v) is 14.1. The van der Waals surface area contributed by atoms with E-state index in [1.807, 2.05) is 19.4 Å². The van der Waals surface area contributed by atoms with Gasteiger partial charge in [-0.25, -0.2) is 4.98 Å². The van der Waals surface area contributed by atoms with Crippen LogP contribution in [0, 0.1) is 0 Å². The van der Waals surface area contributed by atoms with E-state index in [4.69, 9.17) is 8.94 Å². The van der Waals surface area contributed by atoms with Gasteiger partial charge in [0.1, 0.15) is 0 Å². The predicted octanol–water partition coefficient (Wildman–Crippen LogP) is 2.11. The number of rotatable bonds is 7. The molecule has 0 aliphatic rings. The fourth-order valence-corrected chi connectivity index (χ4v) is 2.69. The number of hydrogen-bond acceptors (Lipinski definition) is 8. The zero-order chi connectivity index (χ0) is 16.9. The van der Waals surface area contributed by atoms with Gasteiger partial charge in [0.15, 0.2) is 16.7 Å². The molecule has 0 aromatic carbocycles. The lowest BCUT2D eigenvalue weighted by atomic mass is 10.2. The van der Waals surface area contributed by atoms with Crippen LogP contribution in [0.2, 0.25) is 0 Å². The van der Waals surface area contributed by atoms with Crippen molar-refractivity contribution in [2.75, 3.05) is 12.4 Å². The molecule has 126 valence electrons. The van der Waals surface area contributed by atoms with Crippen LogP contribution in [0.15, 0.2) is 32.7 Å². The summed E-state index contributed by atoms with van der Waals surface area (Å²) >= 11 is 1.33. The Morgan fingerprint density at radius 1 is 1.42 bits per heavy atom. The van der Waals surface area contributed by atoms with Gasteiger partial charge in [-0.2, -0.15) is 4.98 Å². The molecule has 3 rings (SSSR count). The molecule has 3 heterocycles. The van der Waals surface area contributed by atoms with Gasteiger partial charge in [0, 0.05) is 17.8 Å². The maximum Gasteiger partial charge on any atom is 0.293 e. The van der Waals surface area contributed by atoms with E-state index >= 15 is 0 Å². The Bertz CT molecular complexity index is 796. The molecular weight excluding hydrogens is 330 g/mol. The minimum Gasteiger partial charge on any atom is -0.459 e. The van der Waals surface area contributed by atoms with E-state index in [0.29, 0.717) is 29.7 Å². The van der Waals surface area contributed by atoms with E-state index in [9.17, 15) is 4.79 Å². The second kappa shape index (κ2) is 7.37. The molecule has 24 heavy (non-hydrogen) atoms. The minimum absolute atomic E-state index is 0.243. The SMILES string of the molecule is CNC(C)Cc1noc(Cc2csc(NC(=O)c3ccco3)n2)n1. The molecule has 0 bridgehead atoms. The highest BCUT2D eigenvalue weighted by Gasteiger charge is 2.14. The van der Waals surface area contributed by atoms with Crippen LogP contribution < -0.4 is 10.6 Å². The van der Waals surface area contributed by atoms with Gasteiger partial charge < -0.3 is 14.3 Å². The summed E-state index contributed by atoms with van der Waals surface area (Å²) in [6, 6.07) is 3.53. The highest BCUT2D eigenvalue weighted by molar-refractivity contribution is 7.13. The van der Waals surface area contributed by atoms with Gasteiger partial charge in [-0.1, -0.05) is 5.16 Å². The first kappa shape index (κ1) is 16.3. The normalized spacial score (nSPS) is 12.2. The topological polar surface area (TPSA) is 106 Å². The van der Waals surface area contributed by atoms with Crippen LogP contribution in [0.4, 0.5) is 5.13 Å². The maximum atomic E-state index is 11.9. The summed E-state index contributed by atoms with van der Waals surface area (Å²) in [5.74, 6) is 1.07. The van der Waals surface area contributed by atoms with Gasteiger partial charge >= 0.3 is 0 Å². The van der Waals surface area contributed by atoms with Crippen LogP contribution >= 0.6 is 11.3 Å². The van der Waals surface area contributed by atoms with E-state index < -0.39 is 0 Å². The molecule has 0 aliphatic heterocycles.